The second kappa shape index (κ2) is 5.97. The number of fused-ring (bicyclic) bond motifs is 1. The molecule has 0 aliphatic carbocycles. The van der Waals surface area contributed by atoms with Crippen molar-refractivity contribution in [1.82, 2.24) is 9.88 Å². The number of nitrogens with one attached hydrogen (secondary N) is 1. The molecule has 0 spiro atoms. The van der Waals surface area contributed by atoms with Gasteiger partial charge in [-0.15, -0.1) is 0 Å². The Hall–Kier alpha value is -2.00. The molecule has 0 saturated heterocycles. The highest BCUT2D eigenvalue weighted by atomic mass is 16.3. The lowest BCUT2D eigenvalue weighted by Crippen LogP contribution is -2.19. The minimum atomic E-state index is 0.785. The van der Waals surface area contributed by atoms with Crippen molar-refractivity contribution in [3.8, 4) is 0 Å². The van der Waals surface area contributed by atoms with E-state index < -0.39 is 0 Å². The van der Waals surface area contributed by atoms with Gasteiger partial charge in [-0.25, -0.2) is 0 Å². The topological polar surface area (TPSA) is 30.1 Å². The molecule has 20 heavy (non-hydrogen) atoms. The summed E-state index contributed by atoms with van der Waals surface area (Å²) in [6.45, 7) is 4.90. The Morgan fingerprint density at radius 2 is 2.10 bits per heavy atom. The standard InChI is InChI=1S/C17H20N2O/c1-2-14-5-3-6-15-8-10-19(17(14)15)11-9-18-13-16-7-4-12-20-16/h3-8,10,12,18H,2,9,11,13H2,1H3. The van der Waals surface area contributed by atoms with Gasteiger partial charge in [0.1, 0.15) is 5.76 Å². The monoisotopic (exact) mass is 268 g/mol. The summed E-state index contributed by atoms with van der Waals surface area (Å²) in [4.78, 5) is 0. The van der Waals surface area contributed by atoms with Crippen LogP contribution >= 0.6 is 0 Å². The van der Waals surface area contributed by atoms with E-state index in [-0.39, 0.29) is 0 Å². The van der Waals surface area contributed by atoms with Gasteiger partial charge in [0.15, 0.2) is 0 Å². The second-order valence-electron chi connectivity index (χ2n) is 4.97. The maximum atomic E-state index is 5.31. The van der Waals surface area contributed by atoms with E-state index >= 15 is 0 Å². The van der Waals surface area contributed by atoms with E-state index in [0.29, 0.717) is 0 Å². The molecule has 104 valence electrons. The molecule has 0 aliphatic heterocycles. The number of aryl methyl sites for hydroxylation is 1. The van der Waals surface area contributed by atoms with Gasteiger partial charge in [-0.1, -0.05) is 25.1 Å². The maximum absolute atomic E-state index is 5.31. The molecule has 0 amide bonds. The van der Waals surface area contributed by atoms with Gasteiger partial charge in [-0.3, -0.25) is 0 Å². The molecular formula is C17H20N2O. The third kappa shape index (κ3) is 2.63. The predicted octanol–water partition coefficient (Wildman–Crippen LogP) is 3.59. The lowest BCUT2D eigenvalue weighted by Gasteiger charge is -2.09. The summed E-state index contributed by atoms with van der Waals surface area (Å²) in [5.41, 5.74) is 2.79. The van der Waals surface area contributed by atoms with Gasteiger partial charge in [0.2, 0.25) is 0 Å². The van der Waals surface area contributed by atoms with Crippen LogP contribution in [0.15, 0.2) is 53.3 Å². The van der Waals surface area contributed by atoms with Crippen LogP contribution in [0.2, 0.25) is 0 Å². The van der Waals surface area contributed by atoms with Crippen LogP contribution < -0.4 is 5.32 Å². The summed E-state index contributed by atoms with van der Waals surface area (Å²) < 4.78 is 7.64. The second-order valence-corrected chi connectivity index (χ2v) is 4.97. The Balaban J connectivity index is 1.65. The van der Waals surface area contributed by atoms with Crippen molar-refractivity contribution < 1.29 is 4.42 Å². The van der Waals surface area contributed by atoms with Crippen LogP contribution in [0, 0.1) is 0 Å². The molecule has 2 aromatic heterocycles. The lowest BCUT2D eigenvalue weighted by molar-refractivity contribution is 0.477. The van der Waals surface area contributed by atoms with Crippen molar-refractivity contribution >= 4 is 10.9 Å². The summed E-state index contributed by atoms with van der Waals surface area (Å²) in [5.74, 6) is 0.983. The van der Waals surface area contributed by atoms with Crippen molar-refractivity contribution in [2.75, 3.05) is 6.54 Å². The summed E-state index contributed by atoms with van der Waals surface area (Å²) in [6, 6.07) is 12.6. The molecule has 1 aromatic carbocycles. The van der Waals surface area contributed by atoms with Gasteiger partial charge in [0.25, 0.3) is 0 Å². The van der Waals surface area contributed by atoms with Gasteiger partial charge in [0, 0.05) is 19.3 Å². The summed E-state index contributed by atoms with van der Waals surface area (Å²) in [6.07, 6.45) is 4.96. The number of nitrogens with zero attached hydrogens (tertiary/aromatic N) is 1. The number of furan rings is 1. The van der Waals surface area contributed by atoms with Gasteiger partial charge >= 0.3 is 0 Å². The van der Waals surface area contributed by atoms with Gasteiger partial charge in [-0.2, -0.15) is 0 Å². The quantitative estimate of drug-likeness (QED) is 0.692. The minimum absolute atomic E-state index is 0.785. The Labute approximate surface area is 119 Å². The van der Waals surface area contributed by atoms with Crippen LogP contribution in [0.5, 0.6) is 0 Å². The average Bonchev–Trinajstić information content (AvgIpc) is 3.13. The van der Waals surface area contributed by atoms with E-state index in [2.05, 4.69) is 47.3 Å². The van der Waals surface area contributed by atoms with E-state index in [1.54, 1.807) is 6.26 Å². The fourth-order valence-electron chi connectivity index (χ4n) is 2.64. The normalized spacial score (nSPS) is 11.2. The lowest BCUT2D eigenvalue weighted by atomic mass is 10.1. The van der Waals surface area contributed by atoms with Crippen molar-refractivity contribution in [2.45, 2.75) is 26.4 Å². The number of para-hydroxylation sites is 1. The molecule has 0 aliphatic rings. The Bertz CT molecular complexity index is 667. The van der Waals surface area contributed by atoms with Crippen molar-refractivity contribution in [3.05, 3.63) is 60.2 Å². The molecule has 0 atom stereocenters. The van der Waals surface area contributed by atoms with Crippen LogP contribution in [-0.4, -0.2) is 11.1 Å². The molecule has 2 heterocycles. The summed E-state index contributed by atoms with van der Waals surface area (Å²) in [5, 5.41) is 4.74. The van der Waals surface area contributed by atoms with Gasteiger partial charge in [0.05, 0.1) is 18.3 Å². The van der Waals surface area contributed by atoms with E-state index in [4.69, 9.17) is 4.42 Å². The molecular weight excluding hydrogens is 248 g/mol. The molecule has 1 N–H and O–H groups in total. The summed E-state index contributed by atoms with van der Waals surface area (Å²) >= 11 is 0. The molecule has 3 rings (SSSR count). The van der Waals surface area contributed by atoms with Crippen molar-refractivity contribution in [3.63, 3.8) is 0 Å². The third-order valence-electron chi connectivity index (χ3n) is 3.66. The Morgan fingerprint density at radius 3 is 2.90 bits per heavy atom. The minimum Gasteiger partial charge on any atom is -0.468 e. The third-order valence-corrected chi connectivity index (χ3v) is 3.66. The predicted molar refractivity (Wildman–Crippen MR) is 81.7 cm³/mol. The van der Waals surface area contributed by atoms with Crippen LogP contribution in [0.4, 0.5) is 0 Å². The van der Waals surface area contributed by atoms with Gasteiger partial charge < -0.3 is 14.3 Å². The first-order valence-corrected chi connectivity index (χ1v) is 7.18. The van der Waals surface area contributed by atoms with Crippen molar-refractivity contribution in [1.29, 1.82) is 0 Å². The van der Waals surface area contributed by atoms with Crippen LogP contribution in [0.3, 0.4) is 0 Å². The molecule has 3 aromatic rings. The molecule has 0 fully saturated rings. The zero-order valence-electron chi connectivity index (χ0n) is 11.8. The molecule has 0 bridgehead atoms. The maximum Gasteiger partial charge on any atom is 0.117 e. The highest BCUT2D eigenvalue weighted by Gasteiger charge is 2.05. The molecule has 0 unspecified atom stereocenters. The SMILES string of the molecule is CCc1cccc2ccn(CCNCc3ccco3)c12. The number of hydrogen-bond donors (Lipinski definition) is 1. The first-order chi connectivity index (χ1) is 9.88. The van der Waals surface area contributed by atoms with Crippen LogP contribution in [-0.2, 0) is 19.5 Å². The number of aromatic nitrogens is 1. The highest BCUT2D eigenvalue weighted by Crippen LogP contribution is 2.20. The van der Waals surface area contributed by atoms with E-state index in [1.807, 2.05) is 12.1 Å². The zero-order chi connectivity index (χ0) is 13.8. The molecule has 0 saturated carbocycles. The Morgan fingerprint density at radius 1 is 1.15 bits per heavy atom. The fraction of sp³-hybridized carbons (Fsp3) is 0.294. The number of hydrogen-bond acceptors (Lipinski definition) is 2. The van der Waals surface area contributed by atoms with Gasteiger partial charge in [-0.05, 0) is 35.6 Å². The fourth-order valence-corrected chi connectivity index (χ4v) is 2.64. The number of benzene rings is 1. The molecule has 3 nitrogen and oxygen atoms in total. The van der Waals surface area contributed by atoms with Crippen LogP contribution in [0.25, 0.3) is 10.9 Å². The molecule has 3 heteroatoms. The average molecular weight is 268 g/mol. The first-order valence-electron chi connectivity index (χ1n) is 7.18. The highest BCUT2D eigenvalue weighted by molar-refractivity contribution is 5.83. The smallest absolute Gasteiger partial charge is 0.117 e. The van der Waals surface area contributed by atoms with E-state index in [0.717, 1.165) is 31.8 Å². The van der Waals surface area contributed by atoms with E-state index in [9.17, 15) is 0 Å². The molecule has 0 radical (unpaired) electrons. The van der Waals surface area contributed by atoms with Crippen LogP contribution in [0.1, 0.15) is 18.2 Å². The number of rotatable bonds is 6. The van der Waals surface area contributed by atoms with E-state index in [1.165, 1.54) is 16.5 Å². The largest absolute Gasteiger partial charge is 0.468 e. The first kappa shape index (κ1) is 13.0. The summed E-state index contributed by atoms with van der Waals surface area (Å²) in [7, 11) is 0. The Kier molecular flexibility index (Phi) is 3.88. The van der Waals surface area contributed by atoms with Crippen molar-refractivity contribution in [2.24, 2.45) is 0 Å². The zero-order valence-corrected chi connectivity index (χ0v) is 11.8.